The summed E-state index contributed by atoms with van der Waals surface area (Å²) in [5, 5.41) is 20.3. The molecule has 7 nitrogen and oxygen atoms in total. The van der Waals surface area contributed by atoms with Crippen LogP contribution in [0.25, 0.3) is 11.4 Å². The summed E-state index contributed by atoms with van der Waals surface area (Å²) in [5.74, 6) is 1.41. The summed E-state index contributed by atoms with van der Waals surface area (Å²) >= 11 is 1.53. The number of non-ortho nitro benzene ring substituents is 1. The summed E-state index contributed by atoms with van der Waals surface area (Å²) in [4.78, 5) is 14.5. The number of hydrogen-bond donors (Lipinski definition) is 0. The van der Waals surface area contributed by atoms with Gasteiger partial charge < -0.3 is 4.57 Å². The number of rotatable bonds is 7. The van der Waals surface area contributed by atoms with Crippen molar-refractivity contribution in [1.29, 1.82) is 0 Å². The Hall–Kier alpha value is -2.74. The second-order valence-electron chi connectivity index (χ2n) is 5.41. The fourth-order valence-corrected chi connectivity index (χ4v) is 3.35. The fourth-order valence-electron chi connectivity index (χ4n) is 2.44. The summed E-state index contributed by atoms with van der Waals surface area (Å²) in [6.07, 6.45) is 4.42. The first-order valence-electron chi connectivity index (χ1n) is 7.88. The summed E-state index contributed by atoms with van der Waals surface area (Å²) in [6, 6.07) is 10.5. The molecule has 3 aromatic rings. The molecule has 0 bridgehead atoms. The minimum Gasteiger partial charge on any atom is -0.302 e. The molecule has 1 aromatic carbocycles. The zero-order valence-corrected chi connectivity index (χ0v) is 14.5. The smallest absolute Gasteiger partial charge is 0.269 e. The van der Waals surface area contributed by atoms with Crippen LogP contribution in [0, 0.1) is 10.1 Å². The standard InChI is InChI=1S/C17H17N5O2S/c1-2-10-21-16(14-6-8-18-9-7-14)19-20-17(21)25-12-13-4-3-5-15(11-13)22(23)24/h3-9,11H,2,10,12H2,1H3. The Kier molecular flexibility index (Phi) is 5.39. The van der Waals surface area contributed by atoms with Crippen LogP contribution in [0.4, 0.5) is 5.69 Å². The van der Waals surface area contributed by atoms with E-state index in [4.69, 9.17) is 0 Å². The molecule has 3 rings (SSSR count). The highest BCUT2D eigenvalue weighted by molar-refractivity contribution is 7.98. The van der Waals surface area contributed by atoms with Gasteiger partial charge in [0.2, 0.25) is 0 Å². The normalized spacial score (nSPS) is 10.8. The molecule has 25 heavy (non-hydrogen) atoms. The molecule has 0 saturated heterocycles. The third kappa shape index (κ3) is 4.03. The number of nitrogens with zero attached hydrogens (tertiary/aromatic N) is 5. The van der Waals surface area contributed by atoms with Crippen molar-refractivity contribution in [2.45, 2.75) is 30.8 Å². The van der Waals surface area contributed by atoms with E-state index in [9.17, 15) is 10.1 Å². The van der Waals surface area contributed by atoms with Gasteiger partial charge in [-0.1, -0.05) is 30.8 Å². The molecule has 0 fully saturated rings. The van der Waals surface area contributed by atoms with E-state index >= 15 is 0 Å². The lowest BCUT2D eigenvalue weighted by atomic mass is 10.2. The van der Waals surface area contributed by atoms with Crippen molar-refractivity contribution < 1.29 is 4.92 Å². The first kappa shape index (κ1) is 17.1. The van der Waals surface area contributed by atoms with Gasteiger partial charge in [-0.25, -0.2) is 0 Å². The van der Waals surface area contributed by atoms with Gasteiger partial charge in [0.05, 0.1) is 4.92 Å². The van der Waals surface area contributed by atoms with Gasteiger partial charge in [0, 0.05) is 42.4 Å². The highest BCUT2D eigenvalue weighted by Gasteiger charge is 2.14. The Labute approximate surface area is 149 Å². The zero-order valence-electron chi connectivity index (χ0n) is 13.7. The second-order valence-corrected chi connectivity index (χ2v) is 6.35. The molecule has 0 aliphatic carbocycles. The van der Waals surface area contributed by atoms with Crippen LogP contribution in [-0.4, -0.2) is 24.7 Å². The van der Waals surface area contributed by atoms with E-state index < -0.39 is 0 Å². The van der Waals surface area contributed by atoms with Crippen molar-refractivity contribution in [3.05, 3.63) is 64.5 Å². The Morgan fingerprint density at radius 3 is 2.72 bits per heavy atom. The Morgan fingerprint density at radius 1 is 1.20 bits per heavy atom. The summed E-state index contributed by atoms with van der Waals surface area (Å²) in [6.45, 7) is 2.91. The molecule has 0 unspecified atom stereocenters. The number of nitro benzene ring substituents is 1. The van der Waals surface area contributed by atoms with Crippen molar-refractivity contribution in [2.24, 2.45) is 0 Å². The van der Waals surface area contributed by atoms with Crippen LogP contribution in [0.15, 0.2) is 53.9 Å². The van der Waals surface area contributed by atoms with E-state index in [-0.39, 0.29) is 10.6 Å². The number of hydrogen-bond acceptors (Lipinski definition) is 6. The molecule has 0 radical (unpaired) electrons. The fraction of sp³-hybridized carbons (Fsp3) is 0.235. The van der Waals surface area contributed by atoms with Gasteiger partial charge in [0.15, 0.2) is 11.0 Å². The van der Waals surface area contributed by atoms with Crippen LogP contribution in [-0.2, 0) is 12.3 Å². The summed E-state index contributed by atoms with van der Waals surface area (Å²) < 4.78 is 2.08. The molecule has 0 saturated carbocycles. The lowest BCUT2D eigenvalue weighted by Gasteiger charge is -2.08. The van der Waals surface area contributed by atoms with Crippen molar-refractivity contribution in [1.82, 2.24) is 19.7 Å². The molecule has 0 atom stereocenters. The predicted octanol–water partition coefficient (Wildman–Crippen LogP) is 3.95. The second kappa shape index (κ2) is 7.89. The van der Waals surface area contributed by atoms with Crippen molar-refractivity contribution >= 4 is 17.4 Å². The van der Waals surface area contributed by atoms with Crippen molar-refractivity contribution in [3.8, 4) is 11.4 Å². The third-order valence-electron chi connectivity index (χ3n) is 3.59. The van der Waals surface area contributed by atoms with Crippen LogP contribution in [0.5, 0.6) is 0 Å². The zero-order chi connectivity index (χ0) is 17.6. The molecule has 128 valence electrons. The summed E-state index contributed by atoms with van der Waals surface area (Å²) in [5.41, 5.74) is 1.96. The number of nitro groups is 1. The average Bonchev–Trinajstić information content (AvgIpc) is 3.04. The van der Waals surface area contributed by atoms with Crippen molar-refractivity contribution in [2.75, 3.05) is 0 Å². The van der Waals surface area contributed by atoms with Gasteiger partial charge in [-0.2, -0.15) is 0 Å². The van der Waals surface area contributed by atoms with Gasteiger partial charge in [-0.3, -0.25) is 15.1 Å². The maximum Gasteiger partial charge on any atom is 0.269 e. The van der Waals surface area contributed by atoms with Crippen LogP contribution in [0.3, 0.4) is 0 Å². The largest absolute Gasteiger partial charge is 0.302 e. The van der Waals surface area contributed by atoms with E-state index in [0.29, 0.717) is 5.75 Å². The number of thioether (sulfide) groups is 1. The van der Waals surface area contributed by atoms with Gasteiger partial charge in [-0.05, 0) is 24.1 Å². The van der Waals surface area contributed by atoms with Gasteiger partial charge in [-0.15, -0.1) is 10.2 Å². The minimum atomic E-state index is -0.380. The first-order valence-corrected chi connectivity index (χ1v) is 8.87. The van der Waals surface area contributed by atoms with Gasteiger partial charge in [0.1, 0.15) is 0 Å². The van der Waals surface area contributed by atoms with E-state index in [1.165, 1.54) is 17.8 Å². The molecule has 0 spiro atoms. The van der Waals surface area contributed by atoms with Crippen LogP contribution in [0.2, 0.25) is 0 Å². The Bertz CT molecular complexity index is 866. The predicted molar refractivity (Wildman–Crippen MR) is 96.2 cm³/mol. The van der Waals surface area contributed by atoms with Crippen LogP contribution in [0.1, 0.15) is 18.9 Å². The minimum absolute atomic E-state index is 0.102. The topological polar surface area (TPSA) is 86.7 Å². The Morgan fingerprint density at radius 2 is 2.00 bits per heavy atom. The van der Waals surface area contributed by atoms with Crippen LogP contribution < -0.4 is 0 Å². The number of benzene rings is 1. The lowest BCUT2D eigenvalue weighted by molar-refractivity contribution is -0.384. The molecular formula is C17H17N5O2S. The van der Waals surface area contributed by atoms with Gasteiger partial charge >= 0.3 is 0 Å². The third-order valence-corrected chi connectivity index (χ3v) is 4.63. The molecule has 0 amide bonds. The molecule has 8 heteroatoms. The van der Waals surface area contributed by atoms with E-state index in [1.54, 1.807) is 24.5 Å². The highest BCUT2D eigenvalue weighted by atomic mass is 32.2. The SMILES string of the molecule is CCCn1c(SCc2cccc([N+](=O)[O-])c2)nnc1-c1ccncc1. The van der Waals surface area contributed by atoms with Crippen molar-refractivity contribution in [3.63, 3.8) is 0 Å². The quantitative estimate of drug-likeness (QED) is 0.362. The van der Waals surface area contributed by atoms with Gasteiger partial charge in [0.25, 0.3) is 5.69 Å². The van der Waals surface area contributed by atoms with E-state index in [0.717, 1.165) is 35.1 Å². The highest BCUT2D eigenvalue weighted by Crippen LogP contribution is 2.27. The molecular weight excluding hydrogens is 338 g/mol. The molecule has 2 heterocycles. The van der Waals surface area contributed by atoms with Crippen LogP contribution >= 0.6 is 11.8 Å². The summed E-state index contributed by atoms with van der Waals surface area (Å²) in [7, 11) is 0. The Balaban J connectivity index is 1.82. The lowest BCUT2D eigenvalue weighted by Crippen LogP contribution is -2.02. The van der Waals surface area contributed by atoms with E-state index in [1.807, 2.05) is 18.2 Å². The number of aromatic nitrogens is 4. The first-order chi connectivity index (χ1) is 12.2. The molecule has 0 aliphatic rings. The molecule has 0 N–H and O–H groups in total. The monoisotopic (exact) mass is 355 g/mol. The average molecular weight is 355 g/mol. The van der Waals surface area contributed by atoms with E-state index in [2.05, 4.69) is 26.7 Å². The molecule has 2 aromatic heterocycles. The maximum absolute atomic E-state index is 10.9. The molecule has 0 aliphatic heterocycles. The maximum atomic E-state index is 10.9. The number of pyridine rings is 1.